The highest BCUT2D eigenvalue weighted by Gasteiger charge is 2.30. The second-order valence-electron chi connectivity index (χ2n) is 5.62. The lowest BCUT2D eigenvalue weighted by Gasteiger charge is -2.28. The summed E-state index contributed by atoms with van der Waals surface area (Å²) in [4.78, 5) is 11.9. The fourth-order valence-corrected chi connectivity index (χ4v) is 4.71. The van der Waals surface area contributed by atoms with Gasteiger partial charge >= 0.3 is 0 Å². The van der Waals surface area contributed by atoms with Crippen LogP contribution in [0.15, 0.2) is 0 Å². The minimum absolute atomic E-state index is 0.0104. The SMILES string of the molecule is CC1CC(NC(=O)CC2CCS(=O)(=O)C2)CCN1. The van der Waals surface area contributed by atoms with Crippen molar-refractivity contribution >= 4 is 15.7 Å². The number of hydrogen-bond acceptors (Lipinski definition) is 4. The van der Waals surface area contributed by atoms with Crippen LogP contribution in [-0.2, 0) is 14.6 Å². The minimum atomic E-state index is -2.87. The van der Waals surface area contributed by atoms with E-state index in [1.54, 1.807) is 0 Å². The van der Waals surface area contributed by atoms with Crippen molar-refractivity contribution < 1.29 is 13.2 Å². The van der Waals surface area contributed by atoms with Crippen LogP contribution in [0.3, 0.4) is 0 Å². The molecule has 104 valence electrons. The van der Waals surface area contributed by atoms with E-state index in [-0.39, 0.29) is 29.4 Å². The van der Waals surface area contributed by atoms with E-state index in [0.717, 1.165) is 19.4 Å². The third kappa shape index (κ3) is 3.95. The summed E-state index contributed by atoms with van der Waals surface area (Å²) < 4.78 is 22.6. The van der Waals surface area contributed by atoms with Gasteiger partial charge in [-0.15, -0.1) is 0 Å². The molecule has 6 heteroatoms. The van der Waals surface area contributed by atoms with Gasteiger partial charge in [-0.05, 0) is 38.6 Å². The molecule has 5 nitrogen and oxygen atoms in total. The molecule has 2 N–H and O–H groups in total. The highest BCUT2D eigenvalue weighted by atomic mass is 32.2. The van der Waals surface area contributed by atoms with Gasteiger partial charge in [0.2, 0.25) is 5.91 Å². The van der Waals surface area contributed by atoms with Crippen LogP contribution in [-0.4, -0.2) is 44.5 Å². The summed E-state index contributed by atoms with van der Waals surface area (Å²) in [6.45, 7) is 3.05. The molecule has 1 amide bonds. The van der Waals surface area contributed by atoms with Crippen molar-refractivity contribution in [1.29, 1.82) is 0 Å². The number of hydrogen-bond donors (Lipinski definition) is 2. The number of sulfone groups is 1. The van der Waals surface area contributed by atoms with Crippen LogP contribution in [0, 0.1) is 5.92 Å². The predicted molar refractivity (Wildman–Crippen MR) is 70.0 cm³/mol. The molecular weight excluding hydrogens is 252 g/mol. The van der Waals surface area contributed by atoms with Gasteiger partial charge in [-0.2, -0.15) is 0 Å². The van der Waals surface area contributed by atoms with E-state index < -0.39 is 9.84 Å². The summed E-state index contributed by atoms with van der Waals surface area (Å²) in [5.41, 5.74) is 0. The zero-order valence-electron chi connectivity index (χ0n) is 10.8. The molecule has 0 saturated carbocycles. The van der Waals surface area contributed by atoms with Crippen LogP contribution >= 0.6 is 0 Å². The Bertz CT molecular complexity index is 408. The molecular formula is C12H22N2O3S. The lowest BCUT2D eigenvalue weighted by molar-refractivity contribution is -0.122. The average molecular weight is 274 g/mol. The van der Waals surface area contributed by atoms with Crippen molar-refractivity contribution in [2.24, 2.45) is 5.92 Å². The molecule has 0 radical (unpaired) electrons. The molecule has 2 rings (SSSR count). The maximum Gasteiger partial charge on any atom is 0.220 e. The molecule has 3 atom stereocenters. The van der Waals surface area contributed by atoms with E-state index in [2.05, 4.69) is 17.6 Å². The molecule has 2 saturated heterocycles. The number of piperidine rings is 1. The first-order valence-corrected chi connectivity index (χ1v) is 8.50. The monoisotopic (exact) mass is 274 g/mol. The zero-order valence-corrected chi connectivity index (χ0v) is 11.6. The second kappa shape index (κ2) is 5.57. The Morgan fingerprint density at radius 1 is 1.39 bits per heavy atom. The van der Waals surface area contributed by atoms with E-state index in [4.69, 9.17) is 0 Å². The van der Waals surface area contributed by atoms with Gasteiger partial charge in [0.1, 0.15) is 0 Å². The van der Waals surface area contributed by atoms with Gasteiger partial charge in [-0.3, -0.25) is 4.79 Å². The Labute approximate surface area is 109 Å². The Morgan fingerprint density at radius 3 is 2.78 bits per heavy atom. The van der Waals surface area contributed by atoms with E-state index in [1.165, 1.54) is 0 Å². The second-order valence-corrected chi connectivity index (χ2v) is 7.85. The third-order valence-electron chi connectivity index (χ3n) is 3.79. The van der Waals surface area contributed by atoms with Crippen molar-refractivity contribution in [3.63, 3.8) is 0 Å². The van der Waals surface area contributed by atoms with Crippen LogP contribution < -0.4 is 10.6 Å². The van der Waals surface area contributed by atoms with Gasteiger partial charge in [0.15, 0.2) is 9.84 Å². The first-order valence-electron chi connectivity index (χ1n) is 6.68. The molecule has 18 heavy (non-hydrogen) atoms. The molecule has 2 aliphatic heterocycles. The standard InChI is InChI=1S/C12H22N2O3S/c1-9-6-11(2-4-13-9)14-12(15)7-10-3-5-18(16,17)8-10/h9-11,13H,2-8H2,1H3,(H,14,15). The molecule has 0 aliphatic carbocycles. The molecule has 0 aromatic heterocycles. The Morgan fingerprint density at radius 2 is 2.17 bits per heavy atom. The fourth-order valence-electron chi connectivity index (χ4n) is 2.84. The van der Waals surface area contributed by atoms with E-state index >= 15 is 0 Å². The molecule has 2 aliphatic rings. The lowest BCUT2D eigenvalue weighted by Crippen LogP contribution is -2.46. The first-order chi connectivity index (χ1) is 8.44. The molecule has 0 aromatic carbocycles. The third-order valence-corrected chi connectivity index (χ3v) is 5.63. The molecule has 3 unspecified atom stereocenters. The minimum Gasteiger partial charge on any atom is -0.353 e. The van der Waals surface area contributed by atoms with Crippen LogP contribution in [0.4, 0.5) is 0 Å². The number of carbonyl (C=O) groups excluding carboxylic acids is 1. The van der Waals surface area contributed by atoms with E-state index in [1.807, 2.05) is 0 Å². The summed E-state index contributed by atoms with van der Waals surface area (Å²) in [7, 11) is -2.87. The number of amides is 1. The highest BCUT2D eigenvalue weighted by molar-refractivity contribution is 7.91. The zero-order chi connectivity index (χ0) is 13.2. The van der Waals surface area contributed by atoms with Gasteiger partial charge in [0, 0.05) is 18.5 Å². The molecule has 2 fully saturated rings. The molecule has 0 bridgehead atoms. The average Bonchev–Trinajstić information content (AvgIpc) is 2.57. The van der Waals surface area contributed by atoms with Crippen LogP contribution in [0.5, 0.6) is 0 Å². The van der Waals surface area contributed by atoms with Gasteiger partial charge < -0.3 is 10.6 Å². The van der Waals surface area contributed by atoms with Crippen molar-refractivity contribution in [3.05, 3.63) is 0 Å². The number of rotatable bonds is 3. The predicted octanol–water partition coefficient (Wildman–Crippen LogP) is 0.0679. The number of carbonyl (C=O) groups is 1. The maximum atomic E-state index is 11.9. The van der Waals surface area contributed by atoms with Gasteiger partial charge in [-0.25, -0.2) is 8.42 Å². The van der Waals surface area contributed by atoms with E-state index in [0.29, 0.717) is 18.9 Å². The van der Waals surface area contributed by atoms with Crippen molar-refractivity contribution in [1.82, 2.24) is 10.6 Å². The summed E-state index contributed by atoms with van der Waals surface area (Å²) in [5.74, 6) is 0.462. The summed E-state index contributed by atoms with van der Waals surface area (Å²) in [6.07, 6.45) is 2.91. The Balaban J connectivity index is 1.75. The fraction of sp³-hybridized carbons (Fsp3) is 0.917. The van der Waals surface area contributed by atoms with Crippen molar-refractivity contribution in [2.45, 2.75) is 44.7 Å². The van der Waals surface area contributed by atoms with E-state index in [9.17, 15) is 13.2 Å². The first kappa shape index (κ1) is 13.8. The lowest BCUT2D eigenvalue weighted by atomic mass is 9.99. The van der Waals surface area contributed by atoms with Crippen LogP contribution in [0.2, 0.25) is 0 Å². The van der Waals surface area contributed by atoms with Gasteiger partial charge in [0.25, 0.3) is 0 Å². The van der Waals surface area contributed by atoms with Crippen molar-refractivity contribution in [2.75, 3.05) is 18.1 Å². The molecule has 0 spiro atoms. The van der Waals surface area contributed by atoms with Crippen LogP contribution in [0.25, 0.3) is 0 Å². The quantitative estimate of drug-likeness (QED) is 0.763. The topological polar surface area (TPSA) is 75.3 Å². The Hall–Kier alpha value is -0.620. The summed E-state index contributed by atoms with van der Waals surface area (Å²) in [5, 5.41) is 6.37. The smallest absolute Gasteiger partial charge is 0.220 e. The summed E-state index contributed by atoms with van der Waals surface area (Å²) >= 11 is 0. The largest absolute Gasteiger partial charge is 0.353 e. The number of nitrogens with one attached hydrogen (secondary N) is 2. The Kier molecular flexibility index (Phi) is 4.27. The normalized spacial score (nSPS) is 35.3. The maximum absolute atomic E-state index is 11.9. The highest BCUT2D eigenvalue weighted by Crippen LogP contribution is 2.21. The van der Waals surface area contributed by atoms with Crippen molar-refractivity contribution in [3.8, 4) is 0 Å². The van der Waals surface area contributed by atoms with Gasteiger partial charge in [0.05, 0.1) is 11.5 Å². The van der Waals surface area contributed by atoms with Gasteiger partial charge in [-0.1, -0.05) is 0 Å². The van der Waals surface area contributed by atoms with Crippen LogP contribution in [0.1, 0.15) is 32.6 Å². The molecule has 0 aromatic rings. The molecule has 2 heterocycles. The summed E-state index contributed by atoms with van der Waals surface area (Å²) in [6, 6.07) is 0.683.